The van der Waals surface area contributed by atoms with E-state index in [-0.39, 0.29) is 5.97 Å². The summed E-state index contributed by atoms with van der Waals surface area (Å²) >= 11 is 0. The van der Waals surface area contributed by atoms with E-state index in [0.29, 0.717) is 5.56 Å². The molecule has 0 radical (unpaired) electrons. The van der Waals surface area contributed by atoms with Gasteiger partial charge in [0.15, 0.2) is 0 Å². The van der Waals surface area contributed by atoms with Gasteiger partial charge in [-0.25, -0.2) is 4.79 Å². The monoisotopic (exact) mass is 267 g/mol. The second kappa shape index (κ2) is 5.37. The molecule has 1 aliphatic heterocycles. The van der Waals surface area contributed by atoms with Crippen LogP contribution < -0.4 is 4.90 Å². The molecule has 102 valence electrons. The Morgan fingerprint density at radius 3 is 2.75 bits per heavy atom. The summed E-state index contributed by atoms with van der Waals surface area (Å²) in [4.78, 5) is 13.9. The van der Waals surface area contributed by atoms with Crippen LogP contribution in [0.5, 0.6) is 0 Å². The molecule has 2 aromatic carbocycles. The Balaban J connectivity index is 1.82. The molecule has 2 aromatic rings. The lowest BCUT2D eigenvalue weighted by Gasteiger charge is -2.19. The lowest BCUT2D eigenvalue weighted by atomic mass is 10.1. The summed E-state index contributed by atoms with van der Waals surface area (Å²) < 4.78 is 4.77. The minimum absolute atomic E-state index is 0.269. The van der Waals surface area contributed by atoms with Crippen molar-refractivity contribution < 1.29 is 9.53 Å². The predicted octanol–water partition coefficient (Wildman–Crippen LogP) is 3.04. The minimum Gasteiger partial charge on any atom is -0.465 e. The normalized spacial score (nSPS) is 13.2. The van der Waals surface area contributed by atoms with Crippen molar-refractivity contribution in [3.05, 3.63) is 65.2 Å². The van der Waals surface area contributed by atoms with E-state index < -0.39 is 0 Å². The number of rotatable bonds is 3. The number of carbonyl (C=O) groups excluding carboxylic acids is 1. The van der Waals surface area contributed by atoms with Crippen LogP contribution >= 0.6 is 0 Å². The Kier molecular flexibility index (Phi) is 3.42. The quantitative estimate of drug-likeness (QED) is 0.801. The maximum absolute atomic E-state index is 11.6. The third kappa shape index (κ3) is 2.39. The van der Waals surface area contributed by atoms with Gasteiger partial charge in [-0.1, -0.05) is 30.3 Å². The van der Waals surface area contributed by atoms with Gasteiger partial charge in [-0.2, -0.15) is 0 Å². The number of esters is 1. The van der Waals surface area contributed by atoms with Gasteiger partial charge in [0.25, 0.3) is 0 Å². The van der Waals surface area contributed by atoms with E-state index in [9.17, 15) is 4.79 Å². The third-order valence-electron chi connectivity index (χ3n) is 3.71. The van der Waals surface area contributed by atoms with Crippen LogP contribution in [0.1, 0.15) is 21.5 Å². The first kappa shape index (κ1) is 12.7. The van der Waals surface area contributed by atoms with Crippen molar-refractivity contribution in [1.29, 1.82) is 0 Å². The molecular weight excluding hydrogens is 250 g/mol. The molecule has 1 heterocycles. The molecule has 0 N–H and O–H groups in total. The van der Waals surface area contributed by atoms with Gasteiger partial charge in [0.1, 0.15) is 0 Å². The zero-order chi connectivity index (χ0) is 13.9. The average Bonchev–Trinajstić information content (AvgIpc) is 2.90. The van der Waals surface area contributed by atoms with Crippen LogP contribution in [0.3, 0.4) is 0 Å². The molecule has 3 heteroatoms. The first-order valence-electron chi connectivity index (χ1n) is 6.78. The van der Waals surface area contributed by atoms with Crippen molar-refractivity contribution in [3.8, 4) is 0 Å². The summed E-state index contributed by atoms with van der Waals surface area (Å²) in [6.07, 6.45) is 0.979. The Morgan fingerprint density at radius 1 is 1.20 bits per heavy atom. The van der Waals surface area contributed by atoms with Crippen LogP contribution in [0.15, 0.2) is 48.5 Å². The maximum atomic E-state index is 11.6. The number of carbonyl (C=O) groups is 1. The van der Waals surface area contributed by atoms with Crippen molar-refractivity contribution in [2.75, 3.05) is 18.6 Å². The largest absolute Gasteiger partial charge is 0.465 e. The summed E-state index contributed by atoms with van der Waals surface area (Å²) in [5.41, 5.74) is 4.38. The minimum atomic E-state index is -0.269. The molecule has 0 amide bonds. The standard InChI is InChI=1S/C17H17NO2/c1-20-17(19)15-7-8-16-14(11-15)9-10-18(16)12-13-5-3-2-4-6-13/h2-8,11H,9-10,12H2,1H3. The van der Waals surface area contributed by atoms with Crippen LogP contribution in [0.25, 0.3) is 0 Å². The summed E-state index contributed by atoms with van der Waals surface area (Å²) in [5, 5.41) is 0. The first-order chi connectivity index (χ1) is 9.78. The van der Waals surface area contributed by atoms with E-state index in [1.807, 2.05) is 24.3 Å². The molecule has 0 atom stereocenters. The second-order valence-corrected chi connectivity index (χ2v) is 4.99. The Labute approximate surface area is 118 Å². The highest BCUT2D eigenvalue weighted by molar-refractivity contribution is 5.90. The lowest BCUT2D eigenvalue weighted by molar-refractivity contribution is 0.0600. The van der Waals surface area contributed by atoms with E-state index in [0.717, 1.165) is 19.5 Å². The highest BCUT2D eigenvalue weighted by Gasteiger charge is 2.20. The van der Waals surface area contributed by atoms with Gasteiger partial charge in [0, 0.05) is 18.8 Å². The van der Waals surface area contributed by atoms with Gasteiger partial charge in [0.05, 0.1) is 12.7 Å². The van der Waals surface area contributed by atoms with Crippen LogP contribution in [0.2, 0.25) is 0 Å². The van der Waals surface area contributed by atoms with Crippen molar-refractivity contribution in [2.24, 2.45) is 0 Å². The summed E-state index contributed by atoms with van der Waals surface area (Å²) in [7, 11) is 1.41. The van der Waals surface area contributed by atoms with Crippen LogP contribution in [-0.4, -0.2) is 19.6 Å². The van der Waals surface area contributed by atoms with Crippen molar-refractivity contribution in [3.63, 3.8) is 0 Å². The third-order valence-corrected chi connectivity index (χ3v) is 3.71. The zero-order valence-electron chi connectivity index (χ0n) is 11.5. The number of ether oxygens (including phenoxy) is 1. The number of nitrogens with zero attached hydrogens (tertiary/aromatic N) is 1. The van der Waals surface area contributed by atoms with E-state index in [2.05, 4.69) is 29.2 Å². The number of hydrogen-bond donors (Lipinski definition) is 0. The van der Waals surface area contributed by atoms with Crippen LogP contribution in [-0.2, 0) is 17.7 Å². The maximum Gasteiger partial charge on any atom is 0.337 e. The molecule has 0 saturated carbocycles. The Morgan fingerprint density at radius 2 is 2.00 bits per heavy atom. The molecule has 0 aromatic heterocycles. The molecule has 3 rings (SSSR count). The molecule has 0 aliphatic carbocycles. The number of anilines is 1. The van der Waals surface area contributed by atoms with Crippen molar-refractivity contribution in [2.45, 2.75) is 13.0 Å². The molecule has 3 nitrogen and oxygen atoms in total. The number of methoxy groups -OCH3 is 1. The summed E-state index contributed by atoms with van der Waals surface area (Å²) in [5.74, 6) is -0.269. The lowest BCUT2D eigenvalue weighted by Crippen LogP contribution is -2.19. The topological polar surface area (TPSA) is 29.5 Å². The van der Waals surface area contributed by atoms with Crippen molar-refractivity contribution >= 4 is 11.7 Å². The highest BCUT2D eigenvalue weighted by Crippen LogP contribution is 2.30. The van der Waals surface area contributed by atoms with Crippen LogP contribution in [0, 0.1) is 0 Å². The first-order valence-corrected chi connectivity index (χ1v) is 6.78. The molecule has 0 fully saturated rings. The highest BCUT2D eigenvalue weighted by atomic mass is 16.5. The Hall–Kier alpha value is -2.29. The van der Waals surface area contributed by atoms with Gasteiger partial charge < -0.3 is 9.64 Å². The van der Waals surface area contributed by atoms with E-state index in [1.54, 1.807) is 0 Å². The summed E-state index contributed by atoms with van der Waals surface area (Å²) in [6, 6.07) is 16.3. The van der Waals surface area contributed by atoms with Gasteiger partial charge in [-0.05, 0) is 35.7 Å². The molecule has 0 spiro atoms. The fourth-order valence-corrected chi connectivity index (χ4v) is 2.68. The number of benzene rings is 2. The molecule has 0 saturated heterocycles. The molecule has 0 unspecified atom stereocenters. The smallest absolute Gasteiger partial charge is 0.337 e. The SMILES string of the molecule is COC(=O)c1ccc2c(c1)CCN2Cc1ccccc1. The Bertz CT molecular complexity index is 622. The molecule has 20 heavy (non-hydrogen) atoms. The summed E-state index contributed by atoms with van der Waals surface area (Å²) in [6.45, 7) is 1.90. The zero-order valence-corrected chi connectivity index (χ0v) is 11.5. The van der Waals surface area contributed by atoms with E-state index in [1.165, 1.54) is 23.9 Å². The average molecular weight is 267 g/mol. The molecule has 0 bridgehead atoms. The molecule has 1 aliphatic rings. The van der Waals surface area contributed by atoms with Gasteiger partial charge in [-0.3, -0.25) is 0 Å². The molecular formula is C17H17NO2. The predicted molar refractivity (Wildman–Crippen MR) is 79.0 cm³/mol. The van der Waals surface area contributed by atoms with E-state index in [4.69, 9.17) is 4.74 Å². The fraction of sp³-hybridized carbons (Fsp3) is 0.235. The van der Waals surface area contributed by atoms with Crippen LogP contribution in [0.4, 0.5) is 5.69 Å². The second-order valence-electron chi connectivity index (χ2n) is 4.99. The fourth-order valence-electron chi connectivity index (χ4n) is 2.68. The van der Waals surface area contributed by atoms with Gasteiger partial charge in [0.2, 0.25) is 0 Å². The van der Waals surface area contributed by atoms with Gasteiger partial charge in [-0.15, -0.1) is 0 Å². The number of fused-ring (bicyclic) bond motifs is 1. The number of hydrogen-bond acceptors (Lipinski definition) is 3. The van der Waals surface area contributed by atoms with Crippen molar-refractivity contribution in [1.82, 2.24) is 0 Å². The van der Waals surface area contributed by atoms with Gasteiger partial charge >= 0.3 is 5.97 Å². The van der Waals surface area contributed by atoms with E-state index >= 15 is 0 Å².